The van der Waals surface area contributed by atoms with Crippen LogP contribution in [0.15, 0.2) is 0 Å². The maximum atomic E-state index is 11.3. The summed E-state index contributed by atoms with van der Waals surface area (Å²) in [7, 11) is 3.97. The van der Waals surface area contributed by atoms with E-state index in [-0.39, 0.29) is 18.1 Å². The Kier molecular flexibility index (Phi) is 1.63. The number of carbonyl (C=O) groups excluding carboxylic acids is 1. The van der Waals surface area contributed by atoms with E-state index in [1.807, 2.05) is 14.1 Å². The van der Waals surface area contributed by atoms with Gasteiger partial charge in [0.25, 0.3) is 0 Å². The van der Waals surface area contributed by atoms with Crippen LogP contribution in [-0.2, 0) is 4.79 Å². The molecule has 4 unspecified atom stereocenters. The highest BCUT2D eigenvalue weighted by molar-refractivity contribution is 5.83. The third-order valence-corrected chi connectivity index (χ3v) is 2.91. The van der Waals surface area contributed by atoms with Gasteiger partial charge in [0.05, 0.1) is 12.2 Å². The molecule has 12 heavy (non-hydrogen) atoms. The first-order chi connectivity index (χ1) is 5.61. The van der Waals surface area contributed by atoms with E-state index in [1.54, 1.807) is 0 Å². The Morgan fingerprint density at radius 2 is 2.17 bits per heavy atom. The van der Waals surface area contributed by atoms with Gasteiger partial charge in [0.15, 0.2) is 0 Å². The van der Waals surface area contributed by atoms with Crippen molar-refractivity contribution in [1.29, 1.82) is 0 Å². The number of carbonyl (C=O) groups is 1. The molecule has 2 aliphatic rings. The molecule has 1 amide bonds. The van der Waals surface area contributed by atoms with Gasteiger partial charge in [0.1, 0.15) is 0 Å². The maximum Gasteiger partial charge on any atom is 0.238 e. The molecule has 0 aromatic carbocycles. The van der Waals surface area contributed by atoms with Gasteiger partial charge in [-0.3, -0.25) is 9.69 Å². The van der Waals surface area contributed by atoms with E-state index in [4.69, 9.17) is 5.73 Å². The Morgan fingerprint density at radius 3 is 2.75 bits per heavy atom. The predicted octanol–water partition coefficient (Wildman–Crippen LogP) is -1.03. The number of amides is 1. The average Bonchev–Trinajstić information content (AvgIpc) is 2.75. The first-order valence-electron chi connectivity index (χ1n) is 4.33. The molecule has 0 aromatic rings. The highest BCUT2D eigenvalue weighted by Gasteiger charge is 2.53. The van der Waals surface area contributed by atoms with Gasteiger partial charge in [-0.05, 0) is 32.4 Å². The monoisotopic (exact) mass is 169 g/mol. The van der Waals surface area contributed by atoms with Gasteiger partial charge in [-0.15, -0.1) is 0 Å². The van der Waals surface area contributed by atoms with Gasteiger partial charge in [0.2, 0.25) is 5.91 Å². The summed E-state index contributed by atoms with van der Waals surface area (Å²) in [5.41, 5.74) is 5.70. The molecule has 0 radical (unpaired) electrons. The van der Waals surface area contributed by atoms with Crippen LogP contribution in [0.25, 0.3) is 0 Å². The summed E-state index contributed by atoms with van der Waals surface area (Å²) in [6, 6.07) is -0.258. The molecule has 4 nitrogen and oxygen atoms in total. The fraction of sp³-hybridized carbons (Fsp3) is 0.875. The SMILES string of the molecule is CN(C)C1NC(=O)C(N)C2CC21. The van der Waals surface area contributed by atoms with Crippen LogP contribution in [0.4, 0.5) is 0 Å². The van der Waals surface area contributed by atoms with Crippen molar-refractivity contribution in [2.45, 2.75) is 18.6 Å². The molecule has 1 heterocycles. The number of piperidine rings is 1. The quantitative estimate of drug-likeness (QED) is 0.527. The van der Waals surface area contributed by atoms with Crippen molar-refractivity contribution in [3.05, 3.63) is 0 Å². The van der Waals surface area contributed by atoms with Crippen molar-refractivity contribution in [2.75, 3.05) is 14.1 Å². The van der Waals surface area contributed by atoms with Crippen LogP contribution < -0.4 is 11.1 Å². The molecular weight excluding hydrogens is 154 g/mol. The molecule has 0 spiro atoms. The van der Waals surface area contributed by atoms with Crippen molar-refractivity contribution >= 4 is 5.91 Å². The number of nitrogens with one attached hydrogen (secondary N) is 1. The fourth-order valence-electron chi connectivity index (χ4n) is 2.07. The van der Waals surface area contributed by atoms with Crippen LogP contribution in [0.3, 0.4) is 0 Å². The van der Waals surface area contributed by atoms with Crippen LogP contribution in [0.2, 0.25) is 0 Å². The van der Waals surface area contributed by atoms with Crippen LogP contribution in [0, 0.1) is 11.8 Å². The van der Waals surface area contributed by atoms with Gasteiger partial charge in [-0.25, -0.2) is 0 Å². The van der Waals surface area contributed by atoms with E-state index in [0.717, 1.165) is 6.42 Å². The standard InChI is InChI=1S/C8H15N3O/c1-11(2)7-5-3-4(5)6(9)8(12)10-7/h4-7H,3,9H2,1-2H3,(H,10,12). The van der Waals surface area contributed by atoms with E-state index in [1.165, 1.54) is 0 Å². The maximum absolute atomic E-state index is 11.3. The second kappa shape index (κ2) is 2.44. The molecule has 0 bridgehead atoms. The van der Waals surface area contributed by atoms with Gasteiger partial charge in [-0.1, -0.05) is 0 Å². The molecule has 0 aromatic heterocycles. The molecule has 4 heteroatoms. The number of hydrogen-bond donors (Lipinski definition) is 2. The van der Waals surface area contributed by atoms with Crippen LogP contribution in [0.5, 0.6) is 0 Å². The average molecular weight is 169 g/mol. The molecule has 1 aliphatic heterocycles. The minimum absolute atomic E-state index is 0.00690. The lowest BCUT2D eigenvalue weighted by atomic mass is 10.1. The zero-order chi connectivity index (χ0) is 8.88. The summed E-state index contributed by atoms with van der Waals surface area (Å²) in [6.07, 6.45) is 1.31. The summed E-state index contributed by atoms with van der Waals surface area (Å²) in [5, 5.41) is 2.92. The lowest BCUT2D eigenvalue weighted by molar-refractivity contribution is -0.126. The highest BCUT2D eigenvalue weighted by Crippen LogP contribution is 2.46. The van der Waals surface area contributed by atoms with E-state index in [9.17, 15) is 4.79 Å². The van der Waals surface area contributed by atoms with Crippen LogP contribution in [-0.4, -0.2) is 37.1 Å². The Hall–Kier alpha value is -0.610. The van der Waals surface area contributed by atoms with Gasteiger partial charge in [-0.2, -0.15) is 0 Å². The van der Waals surface area contributed by atoms with Gasteiger partial charge in [0, 0.05) is 0 Å². The van der Waals surface area contributed by atoms with Crippen LogP contribution in [0.1, 0.15) is 6.42 Å². The first kappa shape index (κ1) is 8.01. The highest BCUT2D eigenvalue weighted by atomic mass is 16.2. The number of nitrogens with zero attached hydrogens (tertiary/aromatic N) is 1. The molecule has 2 fully saturated rings. The first-order valence-corrected chi connectivity index (χ1v) is 4.33. The molecule has 1 saturated carbocycles. The molecule has 3 N–H and O–H groups in total. The number of hydrogen-bond acceptors (Lipinski definition) is 3. The summed E-state index contributed by atoms with van der Waals surface area (Å²) in [4.78, 5) is 13.3. The molecule has 1 aliphatic carbocycles. The Labute approximate surface area is 72.1 Å². The van der Waals surface area contributed by atoms with E-state index >= 15 is 0 Å². The van der Waals surface area contributed by atoms with Crippen molar-refractivity contribution in [3.63, 3.8) is 0 Å². The number of rotatable bonds is 1. The summed E-state index contributed by atoms with van der Waals surface area (Å²) < 4.78 is 0. The largest absolute Gasteiger partial charge is 0.339 e. The van der Waals surface area contributed by atoms with Crippen LogP contribution >= 0.6 is 0 Å². The zero-order valence-corrected chi connectivity index (χ0v) is 7.45. The Balaban J connectivity index is 2.09. The normalized spacial score (nSPS) is 45.5. The van der Waals surface area contributed by atoms with Crippen molar-refractivity contribution in [3.8, 4) is 0 Å². The second-order valence-electron chi connectivity index (χ2n) is 4.01. The van der Waals surface area contributed by atoms with E-state index in [2.05, 4.69) is 10.2 Å². The topological polar surface area (TPSA) is 58.4 Å². The fourth-order valence-corrected chi connectivity index (χ4v) is 2.07. The second-order valence-corrected chi connectivity index (χ2v) is 4.01. The third-order valence-electron chi connectivity index (χ3n) is 2.91. The third kappa shape index (κ3) is 1.03. The summed E-state index contributed by atoms with van der Waals surface area (Å²) in [6.45, 7) is 0. The van der Waals surface area contributed by atoms with E-state index in [0.29, 0.717) is 11.8 Å². The molecule has 68 valence electrons. The van der Waals surface area contributed by atoms with Crippen molar-refractivity contribution in [1.82, 2.24) is 10.2 Å². The lowest BCUT2D eigenvalue weighted by Gasteiger charge is -2.31. The lowest BCUT2D eigenvalue weighted by Crippen LogP contribution is -2.56. The Morgan fingerprint density at radius 1 is 1.50 bits per heavy atom. The molecule has 4 atom stereocenters. The zero-order valence-electron chi connectivity index (χ0n) is 7.45. The van der Waals surface area contributed by atoms with Gasteiger partial charge >= 0.3 is 0 Å². The molecule has 1 saturated heterocycles. The van der Waals surface area contributed by atoms with Gasteiger partial charge < -0.3 is 11.1 Å². The van der Waals surface area contributed by atoms with Crippen molar-refractivity contribution in [2.24, 2.45) is 17.6 Å². The smallest absolute Gasteiger partial charge is 0.238 e. The summed E-state index contributed by atoms with van der Waals surface area (Å²) >= 11 is 0. The molecule has 2 rings (SSSR count). The predicted molar refractivity (Wildman–Crippen MR) is 45.2 cm³/mol. The minimum Gasteiger partial charge on any atom is -0.339 e. The minimum atomic E-state index is -0.258. The Bertz CT molecular complexity index is 216. The number of fused-ring (bicyclic) bond motifs is 1. The molecular formula is C8H15N3O. The number of nitrogens with two attached hydrogens (primary N) is 1. The van der Waals surface area contributed by atoms with E-state index < -0.39 is 0 Å². The summed E-state index contributed by atoms with van der Waals surface area (Å²) in [5.74, 6) is 1.03. The van der Waals surface area contributed by atoms with Crippen molar-refractivity contribution < 1.29 is 4.79 Å².